The number of rotatable bonds is 6. The van der Waals surface area contributed by atoms with Gasteiger partial charge >= 0.3 is 0 Å². The lowest BCUT2D eigenvalue weighted by Gasteiger charge is -2.21. The molecule has 0 unspecified atom stereocenters. The Morgan fingerprint density at radius 1 is 0.952 bits per heavy atom. The lowest BCUT2D eigenvalue weighted by Crippen LogP contribution is -2.21. The van der Waals surface area contributed by atoms with Gasteiger partial charge in [-0.3, -0.25) is 0 Å². The van der Waals surface area contributed by atoms with Crippen LogP contribution < -0.4 is 10.2 Å². The summed E-state index contributed by atoms with van der Waals surface area (Å²) in [5, 5.41) is 3.46. The van der Waals surface area contributed by atoms with Gasteiger partial charge in [0.1, 0.15) is 0 Å². The van der Waals surface area contributed by atoms with Gasteiger partial charge in [0, 0.05) is 40.0 Å². The van der Waals surface area contributed by atoms with Crippen molar-refractivity contribution in [3.63, 3.8) is 0 Å². The van der Waals surface area contributed by atoms with Gasteiger partial charge in [0.25, 0.3) is 0 Å². The van der Waals surface area contributed by atoms with Crippen LogP contribution in [0.3, 0.4) is 0 Å². The smallest absolute Gasteiger partial charge is 0.0498 e. The molecule has 2 aromatic carbocycles. The van der Waals surface area contributed by atoms with Crippen molar-refractivity contribution in [2.45, 2.75) is 20.4 Å². The molecule has 0 aliphatic rings. The Labute approximate surface area is 143 Å². The molecule has 0 atom stereocenters. The van der Waals surface area contributed by atoms with Crippen molar-refractivity contribution in [3.8, 4) is 0 Å². The van der Waals surface area contributed by atoms with Crippen LogP contribution in [0.2, 0.25) is 0 Å². The Hall–Kier alpha value is -1.00. The molecule has 0 aromatic heterocycles. The monoisotopic (exact) mass is 410 g/mol. The van der Waals surface area contributed by atoms with Crippen molar-refractivity contribution in [3.05, 3.63) is 57.0 Å². The van der Waals surface area contributed by atoms with Gasteiger partial charge in [0.15, 0.2) is 0 Å². The highest BCUT2D eigenvalue weighted by atomic mass is 79.9. The van der Waals surface area contributed by atoms with Gasteiger partial charge in [-0.05, 0) is 65.7 Å². The third kappa shape index (κ3) is 4.48. The van der Waals surface area contributed by atoms with Gasteiger partial charge in [-0.15, -0.1) is 0 Å². The molecule has 0 saturated heterocycles. The molecule has 0 fully saturated rings. The van der Waals surface area contributed by atoms with Crippen LogP contribution in [0.25, 0.3) is 0 Å². The lowest BCUT2D eigenvalue weighted by molar-refractivity contribution is 0.865. The van der Waals surface area contributed by atoms with Crippen LogP contribution in [0.5, 0.6) is 0 Å². The molecule has 0 aliphatic carbocycles. The van der Waals surface area contributed by atoms with Crippen molar-refractivity contribution in [1.82, 2.24) is 0 Å². The van der Waals surface area contributed by atoms with E-state index in [9.17, 15) is 0 Å². The van der Waals surface area contributed by atoms with E-state index in [0.717, 1.165) is 34.3 Å². The van der Waals surface area contributed by atoms with Gasteiger partial charge in [-0.25, -0.2) is 0 Å². The second-order valence-electron chi connectivity index (χ2n) is 4.82. The number of halogens is 2. The van der Waals surface area contributed by atoms with E-state index in [4.69, 9.17) is 0 Å². The van der Waals surface area contributed by atoms with Crippen molar-refractivity contribution in [1.29, 1.82) is 0 Å². The summed E-state index contributed by atoms with van der Waals surface area (Å²) in [6, 6.07) is 14.9. The molecule has 0 amide bonds. The predicted octanol–water partition coefficient (Wildman–Crippen LogP) is 5.67. The summed E-state index contributed by atoms with van der Waals surface area (Å²) in [6.45, 7) is 7.26. The average Bonchev–Trinajstić information content (AvgIpc) is 2.51. The quantitative estimate of drug-likeness (QED) is 0.658. The fraction of sp³-hybridized carbons (Fsp3) is 0.294. The van der Waals surface area contributed by atoms with Gasteiger partial charge in [-0.1, -0.05) is 28.1 Å². The number of nitrogens with zero attached hydrogens (tertiary/aromatic N) is 1. The third-order valence-electron chi connectivity index (χ3n) is 3.48. The third-order valence-corrected chi connectivity index (χ3v) is 4.66. The Kier molecular flexibility index (Phi) is 6.12. The molecule has 1 N–H and O–H groups in total. The normalized spacial score (nSPS) is 10.5. The molecule has 0 saturated carbocycles. The first-order chi connectivity index (χ1) is 10.1. The Morgan fingerprint density at radius 3 is 2.24 bits per heavy atom. The van der Waals surface area contributed by atoms with Crippen molar-refractivity contribution >= 4 is 43.2 Å². The van der Waals surface area contributed by atoms with E-state index in [1.807, 2.05) is 12.1 Å². The van der Waals surface area contributed by atoms with Crippen LogP contribution in [0.15, 0.2) is 51.4 Å². The average molecular weight is 412 g/mol. The predicted molar refractivity (Wildman–Crippen MR) is 99.2 cm³/mol. The van der Waals surface area contributed by atoms with Crippen molar-refractivity contribution < 1.29 is 0 Å². The first kappa shape index (κ1) is 16.4. The van der Waals surface area contributed by atoms with Gasteiger partial charge in [0.05, 0.1) is 0 Å². The zero-order valence-corrected chi connectivity index (χ0v) is 15.5. The van der Waals surface area contributed by atoms with E-state index < -0.39 is 0 Å². The van der Waals surface area contributed by atoms with E-state index in [1.54, 1.807) is 0 Å². The maximum atomic E-state index is 3.56. The number of anilines is 2. The Balaban J connectivity index is 2.02. The summed E-state index contributed by atoms with van der Waals surface area (Å²) in [6.07, 6.45) is 0. The molecule has 21 heavy (non-hydrogen) atoms. The van der Waals surface area contributed by atoms with Crippen LogP contribution >= 0.6 is 31.9 Å². The standard InChI is InChI=1S/C17H20Br2N2/c1-3-21(4-2)15-8-5-13(6-9-15)12-20-17-11-14(18)7-10-16(17)19/h5-11,20H,3-4,12H2,1-2H3. The van der Waals surface area contributed by atoms with Crippen molar-refractivity contribution in [2.24, 2.45) is 0 Å². The molecule has 0 heterocycles. The van der Waals surface area contributed by atoms with Crippen LogP contribution in [0, 0.1) is 0 Å². The zero-order chi connectivity index (χ0) is 15.2. The minimum atomic E-state index is 0.813. The zero-order valence-electron chi connectivity index (χ0n) is 12.4. The molecular formula is C17H20Br2N2. The van der Waals surface area contributed by atoms with Gasteiger partial charge < -0.3 is 10.2 Å². The summed E-state index contributed by atoms with van der Waals surface area (Å²) in [5.41, 5.74) is 3.65. The van der Waals surface area contributed by atoms with Gasteiger partial charge in [0.2, 0.25) is 0 Å². The van der Waals surface area contributed by atoms with Crippen LogP contribution in [0.4, 0.5) is 11.4 Å². The maximum absolute atomic E-state index is 3.56. The maximum Gasteiger partial charge on any atom is 0.0498 e. The fourth-order valence-electron chi connectivity index (χ4n) is 2.24. The molecule has 2 nitrogen and oxygen atoms in total. The molecule has 0 radical (unpaired) electrons. The highest BCUT2D eigenvalue weighted by Crippen LogP contribution is 2.26. The highest BCUT2D eigenvalue weighted by molar-refractivity contribution is 9.11. The van der Waals surface area contributed by atoms with E-state index in [1.165, 1.54) is 11.3 Å². The molecular weight excluding hydrogens is 392 g/mol. The van der Waals surface area contributed by atoms with Crippen LogP contribution in [-0.2, 0) is 6.54 Å². The number of hydrogen-bond donors (Lipinski definition) is 1. The number of benzene rings is 2. The largest absolute Gasteiger partial charge is 0.380 e. The lowest BCUT2D eigenvalue weighted by atomic mass is 10.2. The molecule has 0 bridgehead atoms. The van der Waals surface area contributed by atoms with Crippen LogP contribution in [0.1, 0.15) is 19.4 Å². The highest BCUT2D eigenvalue weighted by Gasteiger charge is 2.03. The van der Waals surface area contributed by atoms with Crippen molar-refractivity contribution in [2.75, 3.05) is 23.3 Å². The van der Waals surface area contributed by atoms with Gasteiger partial charge in [-0.2, -0.15) is 0 Å². The summed E-state index contributed by atoms with van der Waals surface area (Å²) in [7, 11) is 0. The molecule has 0 aliphatic heterocycles. The molecule has 112 valence electrons. The fourth-order valence-corrected chi connectivity index (χ4v) is 2.99. The minimum Gasteiger partial charge on any atom is -0.380 e. The number of hydrogen-bond acceptors (Lipinski definition) is 2. The number of nitrogens with one attached hydrogen (secondary N) is 1. The molecule has 2 rings (SSSR count). The minimum absolute atomic E-state index is 0.813. The van der Waals surface area contributed by atoms with E-state index >= 15 is 0 Å². The summed E-state index contributed by atoms with van der Waals surface area (Å²) in [5.74, 6) is 0. The Bertz CT molecular complexity index is 578. The van der Waals surface area contributed by atoms with E-state index in [2.05, 4.69) is 86.3 Å². The summed E-state index contributed by atoms with van der Waals surface area (Å²) < 4.78 is 2.15. The topological polar surface area (TPSA) is 15.3 Å². The van der Waals surface area contributed by atoms with E-state index in [-0.39, 0.29) is 0 Å². The summed E-state index contributed by atoms with van der Waals surface area (Å²) >= 11 is 7.06. The first-order valence-corrected chi connectivity index (χ1v) is 8.75. The Morgan fingerprint density at radius 2 is 1.62 bits per heavy atom. The summed E-state index contributed by atoms with van der Waals surface area (Å²) in [4.78, 5) is 2.35. The molecule has 2 aromatic rings. The molecule has 4 heteroatoms. The second-order valence-corrected chi connectivity index (χ2v) is 6.59. The second kappa shape index (κ2) is 7.85. The molecule has 0 spiro atoms. The first-order valence-electron chi connectivity index (χ1n) is 7.16. The van der Waals surface area contributed by atoms with Crippen LogP contribution in [-0.4, -0.2) is 13.1 Å². The SMILES string of the molecule is CCN(CC)c1ccc(CNc2cc(Br)ccc2Br)cc1. The van der Waals surface area contributed by atoms with E-state index in [0.29, 0.717) is 0 Å².